The minimum absolute atomic E-state index is 0.136. The largest absolute Gasteiger partial charge is 0.465 e. The molecule has 108 valence electrons. The van der Waals surface area contributed by atoms with Crippen molar-refractivity contribution in [3.05, 3.63) is 0 Å². The van der Waals surface area contributed by atoms with Crippen molar-refractivity contribution in [2.45, 2.75) is 26.8 Å². The van der Waals surface area contributed by atoms with Gasteiger partial charge in [-0.25, -0.2) is 16.8 Å². The third-order valence-corrected chi connectivity index (χ3v) is 6.06. The lowest BCUT2D eigenvalue weighted by molar-refractivity contribution is -0.143. The second kappa shape index (κ2) is 6.48. The van der Waals surface area contributed by atoms with Gasteiger partial charge < -0.3 is 4.74 Å². The van der Waals surface area contributed by atoms with E-state index in [1.165, 1.54) is 0 Å². The maximum absolute atomic E-state index is 11.9. The summed E-state index contributed by atoms with van der Waals surface area (Å²) in [7, 11) is -7.74. The van der Waals surface area contributed by atoms with E-state index in [1.807, 2.05) is 0 Å². The molecule has 0 saturated heterocycles. The van der Waals surface area contributed by atoms with Crippen molar-refractivity contribution in [2.24, 2.45) is 0 Å². The zero-order valence-corrected chi connectivity index (χ0v) is 12.5. The van der Waals surface area contributed by atoms with Crippen molar-refractivity contribution < 1.29 is 26.4 Å². The molecule has 0 aliphatic heterocycles. The molecule has 0 unspecified atom stereocenters. The van der Waals surface area contributed by atoms with Gasteiger partial charge in [-0.3, -0.25) is 4.79 Å². The molecular weight excluding hydrogens is 282 g/mol. The standard InChI is InChI=1S/C9H19NO6S2/c1-5-16-9(11)6-10(8(2)3)18(14,15)7-17(4,12)13/h8H,5-7H2,1-4H3. The van der Waals surface area contributed by atoms with Gasteiger partial charge in [-0.15, -0.1) is 0 Å². The number of hydrogen-bond donors (Lipinski definition) is 0. The first-order chi connectivity index (χ1) is 7.99. The van der Waals surface area contributed by atoms with Gasteiger partial charge in [-0.05, 0) is 20.8 Å². The number of sulfonamides is 1. The average molecular weight is 301 g/mol. The summed E-state index contributed by atoms with van der Waals surface area (Å²) in [5.74, 6) is -0.705. The van der Waals surface area contributed by atoms with Crippen LogP contribution in [0.5, 0.6) is 0 Å². The van der Waals surface area contributed by atoms with Gasteiger partial charge in [-0.2, -0.15) is 4.31 Å². The third kappa shape index (κ3) is 6.31. The summed E-state index contributed by atoms with van der Waals surface area (Å²) in [5.41, 5.74) is 0. The number of carbonyl (C=O) groups is 1. The SMILES string of the molecule is CCOC(=O)CN(C(C)C)S(=O)(=O)CS(C)(=O)=O. The summed E-state index contributed by atoms with van der Waals surface area (Å²) < 4.78 is 51.3. The molecule has 0 aromatic carbocycles. The van der Waals surface area contributed by atoms with Crippen molar-refractivity contribution >= 4 is 25.8 Å². The number of nitrogens with zero attached hydrogens (tertiary/aromatic N) is 1. The van der Waals surface area contributed by atoms with Crippen LogP contribution < -0.4 is 0 Å². The highest BCUT2D eigenvalue weighted by Gasteiger charge is 2.30. The van der Waals surface area contributed by atoms with Gasteiger partial charge in [0.1, 0.15) is 6.54 Å². The van der Waals surface area contributed by atoms with Gasteiger partial charge in [0.05, 0.1) is 6.61 Å². The Morgan fingerprint density at radius 2 is 1.72 bits per heavy atom. The molecule has 0 aliphatic rings. The number of rotatable bonds is 7. The molecule has 0 radical (unpaired) electrons. The van der Waals surface area contributed by atoms with E-state index in [4.69, 9.17) is 0 Å². The molecule has 0 amide bonds. The van der Waals surface area contributed by atoms with Crippen molar-refractivity contribution in [1.29, 1.82) is 0 Å². The Morgan fingerprint density at radius 3 is 2.06 bits per heavy atom. The molecule has 0 spiro atoms. The van der Waals surface area contributed by atoms with E-state index in [2.05, 4.69) is 4.74 Å². The lowest BCUT2D eigenvalue weighted by atomic mass is 10.4. The Morgan fingerprint density at radius 1 is 1.22 bits per heavy atom. The monoisotopic (exact) mass is 301 g/mol. The molecule has 0 aliphatic carbocycles. The van der Waals surface area contributed by atoms with Crippen molar-refractivity contribution in [1.82, 2.24) is 4.31 Å². The normalized spacial score (nSPS) is 13.0. The molecule has 0 bridgehead atoms. The predicted octanol–water partition coefficient (Wildman–Crippen LogP) is -0.408. The molecule has 18 heavy (non-hydrogen) atoms. The summed E-state index contributed by atoms with van der Waals surface area (Å²) in [5, 5.41) is -1.02. The number of sulfone groups is 1. The highest BCUT2D eigenvalue weighted by atomic mass is 32.3. The highest BCUT2D eigenvalue weighted by Crippen LogP contribution is 2.10. The molecular formula is C9H19NO6S2. The molecule has 0 rings (SSSR count). The molecule has 0 heterocycles. The minimum atomic E-state index is -4.05. The maximum atomic E-state index is 11.9. The van der Waals surface area contributed by atoms with Gasteiger partial charge in [0.2, 0.25) is 10.0 Å². The van der Waals surface area contributed by atoms with Crippen LogP contribution in [0.2, 0.25) is 0 Å². The van der Waals surface area contributed by atoms with Crippen molar-refractivity contribution in [3.8, 4) is 0 Å². The second-order valence-corrected chi connectivity index (χ2v) is 8.53. The van der Waals surface area contributed by atoms with Crippen LogP contribution in [0, 0.1) is 0 Å². The number of esters is 1. The maximum Gasteiger partial charge on any atom is 0.321 e. The molecule has 0 saturated carbocycles. The molecule has 7 nitrogen and oxygen atoms in total. The Kier molecular flexibility index (Phi) is 6.24. The second-order valence-electron chi connectivity index (χ2n) is 4.10. The van der Waals surface area contributed by atoms with E-state index in [0.29, 0.717) is 0 Å². The van der Waals surface area contributed by atoms with Crippen LogP contribution in [-0.2, 0) is 29.4 Å². The van der Waals surface area contributed by atoms with Crippen LogP contribution in [-0.4, -0.2) is 57.6 Å². The van der Waals surface area contributed by atoms with Gasteiger partial charge in [-0.1, -0.05) is 0 Å². The molecule has 0 aromatic rings. The van der Waals surface area contributed by atoms with Crippen molar-refractivity contribution in [3.63, 3.8) is 0 Å². The Hall–Kier alpha value is -0.670. The van der Waals surface area contributed by atoms with E-state index in [9.17, 15) is 21.6 Å². The van der Waals surface area contributed by atoms with E-state index in [0.717, 1.165) is 10.6 Å². The average Bonchev–Trinajstić information content (AvgIpc) is 2.09. The van der Waals surface area contributed by atoms with Crippen LogP contribution in [0.25, 0.3) is 0 Å². The molecule has 0 N–H and O–H groups in total. The summed E-state index contributed by atoms with van der Waals surface area (Å²) in [6, 6.07) is -0.527. The van der Waals surface area contributed by atoms with E-state index in [-0.39, 0.29) is 6.61 Å². The molecule has 9 heteroatoms. The smallest absolute Gasteiger partial charge is 0.321 e. The Balaban J connectivity index is 5.07. The fourth-order valence-corrected chi connectivity index (χ4v) is 4.92. The predicted molar refractivity (Wildman–Crippen MR) is 67.1 cm³/mol. The van der Waals surface area contributed by atoms with Gasteiger partial charge in [0, 0.05) is 12.3 Å². The van der Waals surface area contributed by atoms with Crippen LogP contribution in [0.15, 0.2) is 0 Å². The minimum Gasteiger partial charge on any atom is -0.465 e. The molecule has 0 atom stereocenters. The van der Waals surface area contributed by atoms with Crippen LogP contribution in [0.4, 0.5) is 0 Å². The summed E-state index contributed by atoms with van der Waals surface area (Å²) in [4.78, 5) is 11.3. The van der Waals surface area contributed by atoms with Crippen molar-refractivity contribution in [2.75, 3.05) is 24.5 Å². The lowest BCUT2D eigenvalue weighted by Gasteiger charge is -2.24. The summed E-state index contributed by atoms with van der Waals surface area (Å²) in [6.45, 7) is 4.36. The fraction of sp³-hybridized carbons (Fsp3) is 0.889. The van der Waals surface area contributed by atoms with Crippen LogP contribution >= 0.6 is 0 Å². The first-order valence-corrected chi connectivity index (χ1v) is 8.99. The lowest BCUT2D eigenvalue weighted by Crippen LogP contribution is -2.43. The molecule has 0 fully saturated rings. The highest BCUT2D eigenvalue weighted by molar-refractivity contribution is 8.06. The number of hydrogen-bond acceptors (Lipinski definition) is 6. The van der Waals surface area contributed by atoms with Crippen LogP contribution in [0.3, 0.4) is 0 Å². The first-order valence-electron chi connectivity index (χ1n) is 5.32. The summed E-state index contributed by atoms with van der Waals surface area (Å²) in [6.07, 6.45) is 0.827. The quantitative estimate of drug-likeness (QED) is 0.593. The van der Waals surface area contributed by atoms with E-state index >= 15 is 0 Å². The molecule has 0 aromatic heterocycles. The van der Waals surface area contributed by atoms with Crippen LogP contribution in [0.1, 0.15) is 20.8 Å². The third-order valence-electron chi connectivity index (χ3n) is 1.89. The zero-order chi connectivity index (χ0) is 14.6. The Labute approximate surface area is 108 Å². The van der Waals surface area contributed by atoms with Gasteiger partial charge in [0.25, 0.3) is 0 Å². The number of ether oxygens (including phenoxy) is 1. The van der Waals surface area contributed by atoms with E-state index in [1.54, 1.807) is 20.8 Å². The van der Waals surface area contributed by atoms with E-state index < -0.39 is 43.5 Å². The van der Waals surface area contributed by atoms with Gasteiger partial charge >= 0.3 is 5.97 Å². The fourth-order valence-electron chi connectivity index (χ4n) is 1.27. The first kappa shape index (κ1) is 17.3. The van der Waals surface area contributed by atoms with Gasteiger partial charge in [0.15, 0.2) is 14.9 Å². The Bertz CT molecular complexity index is 479. The summed E-state index contributed by atoms with van der Waals surface area (Å²) >= 11 is 0. The number of carbonyl (C=O) groups excluding carboxylic acids is 1. The topological polar surface area (TPSA) is 97.8 Å². The zero-order valence-electron chi connectivity index (χ0n) is 10.9.